The molecule has 1 N–H and O–H groups in total. The zero-order valence-electron chi connectivity index (χ0n) is 21.1. The maximum absolute atomic E-state index is 12.9. The topological polar surface area (TPSA) is 74.0 Å². The molecule has 1 fully saturated rings. The first-order chi connectivity index (χ1) is 16.5. The molecule has 1 aliphatic heterocycles. The molecule has 0 bridgehead atoms. The maximum atomic E-state index is 12.9. The molecule has 0 amide bonds. The molecule has 1 saturated heterocycles. The SMILES string of the molecule is CC.CCC(CC)n1c(=O)c(C#N)cc2ccc(Nc3ccc(C4CCN(C)CC4)cc3)nc21. The number of likely N-dealkylation sites (tertiary alicyclic amines) is 1. The highest BCUT2D eigenvalue weighted by Crippen LogP contribution is 2.29. The quantitative estimate of drug-likeness (QED) is 0.474. The molecule has 0 atom stereocenters. The normalized spacial score (nSPS) is 14.5. The second-order valence-electron chi connectivity index (χ2n) is 8.75. The molecule has 3 aromatic rings. The average molecular weight is 460 g/mol. The summed E-state index contributed by atoms with van der Waals surface area (Å²) in [5, 5.41) is 13.6. The van der Waals surface area contributed by atoms with Gasteiger partial charge < -0.3 is 10.2 Å². The number of rotatable bonds is 6. The van der Waals surface area contributed by atoms with Gasteiger partial charge in [-0.25, -0.2) is 4.98 Å². The number of hydrogen-bond donors (Lipinski definition) is 1. The fraction of sp³-hybridized carbons (Fsp3) is 0.464. The van der Waals surface area contributed by atoms with Crippen molar-refractivity contribution in [1.29, 1.82) is 5.26 Å². The molecule has 0 spiro atoms. The largest absolute Gasteiger partial charge is 0.340 e. The Morgan fingerprint density at radius 2 is 1.74 bits per heavy atom. The van der Waals surface area contributed by atoms with Gasteiger partial charge in [0.2, 0.25) is 0 Å². The van der Waals surface area contributed by atoms with Crippen molar-refractivity contribution in [2.75, 3.05) is 25.5 Å². The van der Waals surface area contributed by atoms with Crippen LogP contribution in [0.1, 0.15) is 76.5 Å². The Morgan fingerprint density at radius 1 is 1.09 bits per heavy atom. The fourth-order valence-electron chi connectivity index (χ4n) is 4.68. The molecule has 6 heteroatoms. The zero-order chi connectivity index (χ0) is 24.7. The number of aromatic nitrogens is 2. The first kappa shape index (κ1) is 25.5. The van der Waals surface area contributed by atoms with E-state index < -0.39 is 0 Å². The highest BCUT2D eigenvalue weighted by atomic mass is 16.1. The number of piperidine rings is 1. The Labute approximate surface area is 203 Å². The zero-order valence-corrected chi connectivity index (χ0v) is 21.1. The van der Waals surface area contributed by atoms with E-state index in [1.165, 1.54) is 18.4 Å². The van der Waals surface area contributed by atoms with Gasteiger partial charge in [0, 0.05) is 17.1 Å². The molecule has 34 heavy (non-hydrogen) atoms. The van der Waals surface area contributed by atoms with Gasteiger partial charge in [-0.2, -0.15) is 5.26 Å². The summed E-state index contributed by atoms with van der Waals surface area (Å²) < 4.78 is 1.70. The molecule has 0 radical (unpaired) electrons. The minimum Gasteiger partial charge on any atom is -0.340 e. The van der Waals surface area contributed by atoms with Crippen LogP contribution < -0.4 is 10.9 Å². The third-order valence-electron chi connectivity index (χ3n) is 6.68. The monoisotopic (exact) mass is 459 g/mol. The van der Waals surface area contributed by atoms with Crippen LogP contribution in [0.4, 0.5) is 11.5 Å². The molecule has 2 aromatic heterocycles. The van der Waals surface area contributed by atoms with Crippen LogP contribution in [0.15, 0.2) is 47.3 Å². The molecule has 6 nitrogen and oxygen atoms in total. The number of fused-ring (bicyclic) bond motifs is 1. The lowest BCUT2D eigenvalue weighted by Crippen LogP contribution is -2.29. The molecule has 1 aliphatic rings. The van der Waals surface area contributed by atoms with Crippen molar-refractivity contribution in [3.63, 3.8) is 0 Å². The van der Waals surface area contributed by atoms with Crippen LogP contribution in [0, 0.1) is 11.3 Å². The van der Waals surface area contributed by atoms with Gasteiger partial charge in [0.25, 0.3) is 5.56 Å². The minimum absolute atomic E-state index is 0.00914. The summed E-state index contributed by atoms with van der Waals surface area (Å²) in [7, 11) is 2.18. The Bertz CT molecular complexity index is 1180. The van der Waals surface area contributed by atoms with Gasteiger partial charge >= 0.3 is 0 Å². The highest BCUT2D eigenvalue weighted by Gasteiger charge is 2.19. The van der Waals surface area contributed by atoms with E-state index in [1.807, 2.05) is 32.0 Å². The molecule has 0 aliphatic carbocycles. The maximum Gasteiger partial charge on any atom is 0.270 e. The van der Waals surface area contributed by atoms with Crippen LogP contribution in [0.2, 0.25) is 0 Å². The lowest BCUT2D eigenvalue weighted by molar-refractivity contribution is 0.255. The smallest absolute Gasteiger partial charge is 0.270 e. The predicted octanol–water partition coefficient (Wildman–Crippen LogP) is 6.21. The van der Waals surface area contributed by atoms with Crippen molar-refractivity contribution in [3.05, 3.63) is 63.9 Å². The van der Waals surface area contributed by atoms with Gasteiger partial charge in [0.1, 0.15) is 23.1 Å². The molecular formula is C28H37N5O. The standard InChI is InChI=1S/C26H31N5O.C2H6/c1-4-23(5-2)31-25-20(16-21(17-27)26(31)32)8-11-24(29-25)28-22-9-6-18(7-10-22)19-12-14-30(3)15-13-19;1-2/h6-11,16,19,23H,4-5,12-15H2,1-3H3,(H,28,29);1-2H3. The first-order valence-corrected chi connectivity index (χ1v) is 12.6. The Kier molecular flexibility index (Phi) is 8.84. The fourth-order valence-corrected chi connectivity index (χ4v) is 4.68. The summed E-state index contributed by atoms with van der Waals surface area (Å²) in [5.74, 6) is 1.32. The third-order valence-corrected chi connectivity index (χ3v) is 6.68. The molecule has 1 aromatic carbocycles. The van der Waals surface area contributed by atoms with E-state index in [2.05, 4.69) is 55.4 Å². The molecule has 4 rings (SSSR count). The molecular weight excluding hydrogens is 422 g/mol. The van der Waals surface area contributed by atoms with Crippen LogP contribution in [0.25, 0.3) is 11.0 Å². The van der Waals surface area contributed by atoms with Crippen LogP contribution >= 0.6 is 0 Å². The van der Waals surface area contributed by atoms with Crippen molar-refractivity contribution < 1.29 is 0 Å². The van der Waals surface area contributed by atoms with Gasteiger partial charge in [0.15, 0.2) is 0 Å². The van der Waals surface area contributed by atoms with E-state index in [0.29, 0.717) is 17.4 Å². The van der Waals surface area contributed by atoms with Crippen LogP contribution in [0.3, 0.4) is 0 Å². The highest BCUT2D eigenvalue weighted by molar-refractivity contribution is 5.79. The number of nitrogens with zero attached hydrogens (tertiary/aromatic N) is 4. The molecule has 3 heterocycles. The van der Waals surface area contributed by atoms with Gasteiger partial charge in [0.05, 0.1) is 0 Å². The number of hydrogen-bond acceptors (Lipinski definition) is 5. The van der Waals surface area contributed by atoms with Crippen LogP contribution in [-0.4, -0.2) is 34.6 Å². The van der Waals surface area contributed by atoms with E-state index in [9.17, 15) is 10.1 Å². The number of nitrogens with one attached hydrogen (secondary N) is 1. The molecule has 0 saturated carbocycles. The summed E-state index contributed by atoms with van der Waals surface area (Å²) in [6.45, 7) is 10.4. The van der Waals surface area contributed by atoms with Gasteiger partial charge in [-0.05, 0) is 87.6 Å². The Balaban J connectivity index is 0.00000158. The van der Waals surface area contributed by atoms with Gasteiger partial charge in [-0.3, -0.25) is 9.36 Å². The number of benzene rings is 1. The minimum atomic E-state index is -0.263. The molecule has 180 valence electrons. The summed E-state index contributed by atoms with van der Waals surface area (Å²) >= 11 is 0. The Hall–Kier alpha value is -3.17. The van der Waals surface area contributed by atoms with Crippen molar-refractivity contribution in [2.45, 2.75) is 65.3 Å². The summed E-state index contributed by atoms with van der Waals surface area (Å²) in [5.41, 5.74) is 2.88. The first-order valence-electron chi connectivity index (χ1n) is 12.6. The second kappa shape index (κ2) is 11.8. The van der Waals surface area contributed by atoms with Crippen molar-refractivity contribution in [3.8, 4) is 6.07 Å². The van der Waals surface area contributed by atoms with Gasteiger partial charge in [-0.1, -0.05) is 39.8 Å². The lowest BCUT2D eigenvalue weighted by atomic mass is 9.89. The predicted molar refractivity (Wildman–Crippen MR) is 141 cm³/mol. The summed E-state index contributed by atoms with van der Waals surface area (Å²) in [6.07, 6.45) is 4.01. The number of anilines is 2. The van der Waals surface area contributed by atoms with E-state index in [-0.39, 0.29) is 17.2 Å². The number of pyridine rings is 2. The van der Waals surface area contributed by atoms with Crippen molar-refractivity contribution >= 4 is 22.5 Å². The van der Waals surface area contributed by atoms with Crippen LogP contribution in [-0.2, 0) is 0 Å². The average Bonchev–Trinajstić information content (AvgIpc) is 2.88. The van der Waals surface area contributed by atoms with Gasteiger partial charge in [-0.15, -0.1) is 0 Å². The summed E-state index contributed by atoms with van der Waals surface area (Å²) in [6, 6.07) is 16.1. The van der Waals surface area contributed by atoms with E-state index in [4.69, 9.17) is 4.98 Å². The molecule has 0 unspecified atom stereocenters. The van der Waals surface area contributed by atoms with Crippen molar-refractivity contribution in [1.82, 2.24) is 14.5 Å². The lowest BCUT2D eigenvalue weighted by Gasteiger charge is -2.29. The van der Waals surface area contributed by atoms with E-state index in [1.54, 1.807) is 10.6 Å². The van der Waals surface area contributed by atoms with Crippen molar-refractivity contribution in [2.24, 2.45) is 0 Å². The third kappa shape index (κ3) is 5.48. The summed E-state index contributed by atoms with van der Waals surface area (Å²) in [4.78, 5) is 20.1. The second-order valence-corrected chi connectivity index (χ2v) is 8.75. The van der Waals surface area contributed by atoms with E-state index in [0.717, 1.165) is 37.0 Å². The Morgan fingerprint density at radius 3 is 2.32 bits per heavy atom. The van der Waals surface area contributed by atoms with E-state index >= 15 is 0 Å². The van der Waals surface area contributed by atoms with Crippen LogP contribution in [0.5, 0.6) is 0 Å². The number of nitriles is 1.